The monoisotopic (exact) mass is 318 g/mol. The summed E-state index contributed by atoms with van der Waals surface area (Å²) in [5.41, 5.74) is 9.78. The third kappa shape index (κ3) is 3.15. The second kappa shape index (κ2) is 5.45. The summed E-state index contributed by atoms with van der Waals surface area (Å²) in [5, 5.41) is 2.83. The highest BCUT2D eigenvalue weighted by Gasteiger charge is 2.09. The lowest BCUT2D eigenvalue weighted by Gasteiger charge is -2.10. The van der Waals surface area contributed by atoms with E-state index in [2.05, 4.69) is 21.2 Å². The minimum atomic E-state index is -0.169. The zero-order valence-electron chi connectivity index (χ0n) is 10.8. The summed E-state index contributed by atoms with van der Waals surface area (Å²) < 4.78 is 0.914. The Morgan fingerprint density at radius 1 is 1.16 bits per heavy atom. The fourth-order valence-corrected chi connectivity index (χ4v) is 2.09. The average Bonchev–Trinajstić information content (AvgIpc) is 2.37. The van der Waals surface area contributed by atoms with Gasteiger partial charge in [0.15, 0.2) is 0 Å². The third-order valence-electron chi connectivity index (χ3n) is 2.89. The molecule has 0 aliphatic heterocycles. The van der Waals surface area contributed by atoms with Crippen molar-refractivity contribution in [1.82, 2.24) is 0 Å². The number of amides is 1. The van der Waals surface area contributed by atoms with Crippen LogP contribution in [0.2, 0.25) is 0 Å². The number of carbonyl (C=O) groups excluding carboxylic acids is 1. The van der Waals surface area contributed by atoms with Crippen LogP contribution >= 0.6 is 15.9 Å². The number of halogens is 1. The summed E-state index contributed by atoms with van der Waals surface area (Å²) in [5.74, 6) is -0.169. The van der Waals surface area contributed by atoms with Gasteiger partial charge in [-0.25, -0.2) is 0 Å². The zero-order valence-corrected chi connectivity index (χ0v) is 12.4. The summed E-state index contributed by atoms with van der Waals surface area (Å²) >= 11 is 3.42. The minimum Gasteiger partial charge on any atom is -0.397 e. The predicted molar refractivity (Wildman–Crippen MR) is 82.4 cm³/mol. The van der Waals surface area contributed by atoms with Crippen LogP contribution in [0.5, 0.6) is 0 Å². The number of rotatable bonds is 2. The number of carbonyl (C=O) groups is 1. The van der Waals surface area contributed by atoms with Gasteiger partial charge in [0.25, 0.3) is 5.91 Å². The quantitative estimate of drug-likeness (QED) is 0.825. The second-order valence-electron chi connectivity index (χ2n) is 4.51. The Bertz CT molecular complexity index is 638. The van der Waals surface area contributed by atoms with Crippen molar-refractivity contribution < 1.29 is 4.79 Å². The van der Waals surface area contributed by atoms with Crippen LogP contribution in [0, 0.1) is 13.8 Å². The number of anilines is 2. The number of nitrogens with two attached hydrogens (primary N) is 1. The number of nitrogen functional groups attached to an aromatic ring is 1. The largest absolute Gasteiger partial charge is 0.397 e. The van der Waals surface area contributed by atoms with Crippen LogP contribution in [0.1, 0.15) is 21.5 Å². The lowest BCUT2D eigenvalue weighted by atomic mass is 10.1. The van der Waals surface area contributed by atoms with Crippen molar-refractivity contribution in [1.29, 1.82) is 0 Å². The molecule has 0 bridgehead atoms. The van der Waals surface area contributed by atoms with Gasteiger partial charge in [0.2, 0.25) is 0 Å². The first-order chi connectivity index (χ1) is 8.97. The summed E-state index contributed by atoms with van der Waals surface area (Å²) in [7, 11) is 0. The first kappa shape index (κ1) is 13.6. The highest BCUT2D eigenvalue weighted by Crippen LogP contribution is 2.22. The molecular formula is C15H15BrN2O. The molecule has 2 aromatic rings. The molecule has 2 aromatic carbocycles. The molecule has 3 N–H and O–H groups in total. The van der Waals surface area contributed by atoms with Gasteiger partial charge in [0, 0.05) is 10.0 Å². The Balaban J connectivity index is 2.25. The highest BCUT2D eigenvalue weighted by atomic mass is 79.9. The molecule has 0 fully saturated rings. The molecule has 0 heterocycles. The van der Waals surface area contributed by atoms with Crippen LogP contribution in [0.4, 0.5) is 11.4 Å². The number of benzene rings is 2. The SMILES string of the molecule is Cc1ccc(N)c(NC(=O)c2ccc(C)c(Br)c2)c1. The third-order valence-corrected chi connectivity index (χ3v) is 3.75. The van der Waals surface area contributed by atoms with E-state index in [-0.39, 0.29) is 5.91 Å². The predicted octanol–water partition coefficient (Wildman–Crippen LogP) is 3.90. The molecule has 0 aromatic heterocycles. The molecule has 4 heteroatoms. The smallest absolute Gasteiger partial charge is 0.255 e. The minimum absolute atomic E-state index is 0.169. The van der Waals surface area contributed by atoms with Crippen molar-refractivity contribution in [3.8, 4) is 0 Å². The molecule has 0 saturated heterocycles. The van der Waals surface area contributed by atoms with E-state index in [4.69, 9.17) is 5.73 Å². The van der Waals surface area contributed by atoms with Gasteiger partial charge in [-0.1, -0.05) is 28.1 Å². The molecule has 1 amide bonds. The summed E-state index contributed by atoms with van der Waals surface area (Å²) in [4.78, 5) is 12.2. The maximum atomic E-state index is 12.2. The van der Waals surface area contributed by atoms with Crippen LogP contribution in [0.15, 0.2) is 40.9 Å². The van der Waals surface area contributed by atoms with E-state index in [1.807, 2.05) is 32.0 Å². The van der Waals surface area contributed by atoms with E-state index >= 15 is 0 Å². The summed E-state index contributed by atoms with van der Waals surface area (Å²) in [6.07, 6.45) is 0. The lowest BCUT2D eigenvalue weighted by Crippen LogP contribution is -2.13. The Labute approximate surface area is 121 Å². The van der Waals surface area contributed by atoms with Crippen LogP contribution in [-0.2, 0) is 0 Å². The van der Waals surface area contributed by atoms with Crippen molar-refractivity contribution in [2.24, 2.45) is 0 Å². The lowest BCUT2D eigenvalue weighted by molar-refractivity contribution is 0.102. The van der Waals surface area contributed by atoms with Crippen molar-refractivity contribution in [3.05, 3.63) is 57.6 Å². The molecule has 0 unspecified atom stereocenters. The second-order valence-corrected chi connectivity index (χ2v) is 5.36. The Morgan fingerprint density at radius 2 is 1.89 bits per heavy atom. The molecule has 2 rings (SSSR count). The van der Waals surface area contributed by atoms with Gasteiger partial charge in [-0.05, 0) is 49.2 Å². The zero-order chi connectivity index (χ0) is 14.0. The first-order valence-electron chi connectivity index (χ1n) is 5.91. The van der Waals surface area contributed by atoms with Gasteiger partial charge in [-0.3, -0.25) is 4.79 Å². The van der Waals surface area contributed by atoms with Crippen LogP contribution in [-0.4, -0.2) is 5.91 Å². The molecule has 0 aliphatic rings. The number of nitrogens with one attached hydrogen (secondary N) is 1. The molecule has 0 aliphatic carbocycles. The molecule has 0 radical (unpaired) electrons. The molecule has 98 valence electrons. The Hall–Kier alpha value is -1.81. The number of aryl methyl sites for hydroxylation is 2. The number of hydrogen-bond acceptors (Lipinski definition) is 2. The van der Waals surface area contributed by atoms with E-state index in [0.717, 1.165) is 15.6 Å². The molecule has 0 spiro atoms. The van der Waals surface area contributed by atoms with E-state index in [1.54, 1.807) is 18.2 Å². The Morgan fingerprint density at radius 3 is 2.58 bits per heavy atom. The van der Waals surface area contributed by atoms with E-state index in [0.29, 0.717) is 16.9 Å². The maximum absolute atomic E-state index is 12.2. The van der Waals surface area contributed by atoms with Crippen molar-refractivity contribution in [2.75, 3.05) is 11.1 Å². The van der Waals surface area contributed by atoms with E-state index in [9.17, 15) is 4.79 Å². The van der Waals surface area contributed by atoms with Gasteiger partial charge in [-0.2, -0.15) is 0 Å². The molecule has 0 saturated carbocycles. The molecule has 0 atom stereocenters. The fraction of sp³-hybridized carbons (Fsp3) is 0.133. The van der Waals surface area contributed by atoms with Crippen LogP contribution in [0.3, 0.4) is 0 Å². The molecule has 19 heavy (non-hydrogen) atoms. The highest BCUT2D eigenvalue weighted by molar-refractivity contribution is 9.10. The standard InChI is InChI=1S/C15H15BrN2O/c1-9-3-6-13(17)14(7-9)18-15(19)11-5-4-10(2)12(16)8-11/h3-8H,17H2,1-2H3,(H,18,19). The average molecular weight is 319 g/mol. The fourth-order valence-electron chi connectivity index (χ4n) is 1.71. The first-order valence-corrected chi connectivity index (χ1v) is 6.70. The Kier molecular flexibility index (Phi) is 3.90. The van der Waals surface area contributed by atoms with E-state index < -0.39 is 0 Å². The topological polar surface area (TPSA) is 55.1 Å². The van der Waals surface area contributed by atoms with Gasteiger partial charge >= 0.3 is 0 Å². The maximum Gasteiger partial charge on any atom is 0.255 e. The van der Waals surface area contributed by atoms with Crippen molar-refractivity contribution >= 4 is 33.2 Å². The molecule has 3 nitrogen and oxygen atoms in total. The number of hydrogen-bond donors (Lipinski definition) is 2. The van der Waals surface area contributed by atoms with Crippen molar-refractivity contribution in [2.45, 2.75) is 13.8 Å². The van der Waals surface area contributed by atoms with E-state index in [1.165, 1.54) is 0 Å². The van der Waals surface area contributed by atoms with Crippen LogP contribution in [0.25, 0.3) is 0 Å². The van der Waals surface area contributed by atoms with Crippen molar-refractivity contribution in [3.63, 3.8) is 0 Å². The summed E-state index contributed by atoms with van der Waals surface area (Å²) in [6.45, 7) is 3.93. The van der Waals surface area contributed by atoms with Crippen LogP contribution < -0.4 is 11.1 Å². The summed E-state index contributed by atoms with van der Waals surface area (Å²) in [6, 6.07) is 11.1. The normalized spacial score (nSPS) is 10.3. The van der Waals surface area contributed by atoms with Gasteiger partial charge < -0.3 is 11.1 Å². The molecular weight excluding hydrogens is 304 g/mol. The van der Waals surface area contributed by atoms with Gasteiger partial charge in [0.05, 0.1) is 11.4 Å². The van der Waals surface area contributed by atoms with Gasteiger partial charge in [0.1, 0.15) is 0 Å². The van der Waals surface area contributed by atoms with Gasteiger partial charge in [-0.15, -0.1) is 0 Å².